The molecule has 12 nitrogen and oxygen atoms in total. The van der Waals surface area contributed by atoms with Gasteiger partial charge in [0.15, 0.2) is 12.0 Å². The fourth-order valence-corrected chi connectivity index (χ4v) is 4.94. The first-order chi connectivity index (χ1) is 18.6. The van der Waals surface area contributed by atoms with E-state index >= 15 is 0 Å². The minimum atomic E-state index is -0.912. The Morgan fingerprint density at radius 2 is 1.90 bits per heavy atom. The third-order valence-corrected chi connectivity index (χ3v) is 7.19. The van der Waals surface area contributed by atoms with Gasteiger partial charge in [-0.15, -0.1) is 0 Å². The lowest BCUT2D eigenvalue weighted by Crippen LogP contribution is -2.49. The molecule has 2 aromatic carbocycles. The van der Waals surface area contributed by atoms with Crippen LogP contribution >= 0.6 is 0 Å². The normalized spacial score (nSPS) is 18.8. The van der Waals surface area contributed by atoms with Crippen molar-refractivity contribution < 1.29 is 33.3 Å². The van der Waals surface area contributed by atoms with Crippen LogP contribution in [0.3, 0.4) is 0 Å². The van der Waals surface area contributed by atoms with Crippen LogP contribution in [0.4, 0.5) is 21.9 Å². The Bertz CT molecular complexity index is 1480. The number of likely N-dealkylation sites (tertiary alicyclic amines) is 1. The van der Waals surface area contributed by atoms with Gasteiger partial charge >= 0.3 is 6.16 Å². The highest BCUT2D eigenvalue weighted by atomic mass is 16.7. The average Bonchev–Trinajstić information content (AvgIpc) is 3.55. The van der Waals surface area contributed by atoms with E-state index in [4.69, 9.17) is 13.9 Å². The topological polar surface area (TPSA) is 157 Å². The zero-order valence-electron chi connectivity index (χ0n) is 21.7. The molecule has 2 atom stereocenters. The summed E-state index contributed by atoms with van der Waals surface area (Å²) in [5.41, 5.74) is -1.83. The van der Waals surface area contributed by atoms with E-state index in [0.29, 0.717) is 44.1 Å². The Morgan fingerprint density at radius 1 is 1.15 bits per heavy atom. The molecule has 3 aromatic rings. The van der Waals surface area contributed by atoms with Crippen molar-refractivity contribution in [2.75, 3.05) is 37.5 Å². The van der Waals surface area contributed by atoms with Crippen molar-refractivity contribution >= 4 is 29.1 Å². The zero-order valence-corrected chi connectivity index (χ0v) is 21.7. The number of aromatic hydroxyl groups is 1. The van der Waals surface area contributed by atoms with Crippen molar-refractivity contribution in [3.05, 3.63) is 67.9 Å². The van der Waals surface area contributed by atoms with Crippen LogP contribution in [0.25, 0.3) is 0 Å². The van der Waals surface area contributed by atoms with Crippen molar-refractivity contribution in [2.24, 2.45) is 5.41 Å². The number of nitrogens with one attached hydrogen (secondary N) is 2. The summed E-state index contributed by atoms with van der Waals surface area (Å²) < 4.78 is 20.9. The summed E-state index contributed by atoms with van der Waals surface area (Å²) in [6, 6.07) is 7.60. The number of phenols is 1. The summed E-state index contributed by atoms with van der Waals surface area (Å²) in [6.45, 7) is 4.99. The molecule has 1 aromatic heterocycles. The number of aryl methyl sites for hydroxylation is 1. The Labute approximate surface area is 223 Å². The van der Waals surface area contributed by atoms with Gasteiger partial charge < -0.3 is 39.3 Å². The van der Waals surface area contributed by atoms with Gasteiger partial charge in [-0.1, -0.05) is 13.0 Å². The molecule has 2 aliphatic heterocycles. The first kappa shape index (κ1) is 26.3. The fourth-order valence-electron chi connectivity index (χ4n) is 4.94. The van der Waals surface area contributed by atoms with Gasteiger partial charge in [0.25, 0.3) is 16.8 Å². The second kappa shape index (κ2) is 10.1. The minimum Gasteiger partial charge on any atom is -0.505 e. The van der Waals surface area contributed by atoms with Crippen molar-refractivity contribution in [2.45, 2.75) is 39.0 Å². The Hall–Kier alpha value is -4.32. The van der Waals surface area contributed by atoms with Gasteiger partial charge in [0.2, 0.25) is 0 Å². The monoisotopic (exact) mass is 539 g/mol. The molecule has 39 heavy (non-hydrogen) atoms. The lowest BCUT2D eigenvalue weighted by Gasteiger charge is -2.44. The number of furan rings is 1. The van der Waals surface area contributed by atoms with Crippen LogP contribution in [0.15, 0.2) is 44.3 Å². The molecule has 3 N–H and O–H groups in total. The summed E-state index contributed by atoms with van der Waals surface area (Å²) in [6.07, 6.45) is -0.710. The third-order valence-electron chi connectivity index (χ3n) is 7.19. The number of hydrogen-bond donors (Lipinski definition) is 3. The largest absolute Gasteiger partial charge is 0.509 e. The van der Waals surface area contributed by atoms with Crippen LogP contribution < -0.4 is 21.5 Å². The molecular formula is C27H29N3O9. The average molecular weight is 540 g/mol. The quantitative estimate of drug-likeness (QED) is 0.219. The van der Waals surface area contributed by atoms with Crippen molar-refractivity contribution in [1.29, 1.82) is 0 Å². The summed E-state index contributed by atoms with van der Waals surface area (Å²) >= 11 is 0. The number of hydrogen-bond acceptors (Lipinski definition) is 11. The molecular weight excluding hydrogens is 510 g/mol. The van der Waals surface area contributed by atoms with E-state index < -0.39 is 40.9 Å². The number of para-hydroxylation sites is 1. The van der Waals surface area contributed by atoms with Gasteiger partial charge in [-0.2, -0.15) is 0 Å². The van der Waals surface area contributed by atoms with Gasteiger partial charge in [0.1, 0.15) is 22.9 Å². The molecule has 0 unspecified atom stereocenters. The zero-order chi connectivity index (χ0) is 27.9. The number of ether oxygens (including phenoxy) is 3. The maximum Gasteiger partial charge on any atom is 0.509 e. The van der Waals surface area contributed by atoms with Crippen LogP contribution in [0, 0.1) is 12.3 Å². The van der Waals surface area contributed by atoms with E-state index in [0.717, 1.165) is 0 Å². The first-order valence-electron chi connectivity index (χ1n) is 12.5. The summed E-state index contributed by atoms with van der Waals surface area (Å²) in [5, 5.41) is 17.0. The van der Waals surface area contributed by atoms with E-state index in [1.165, 1.54) is 30.2 Å². The second-order valence-electron chi connectivity index (χ2n) is 10.1. The fraction of sp³-hybridized carbons (Fsp3) is 0.407. The number of nitrogens with zero attached hydrogens (tertiary/aromatic N) is 1. The van der Waals surface area contributed by atoms with Crippen LogP contribution in [0.1, 0.15) is 47.7 Å². The van der Waals surface area contributed by atoms with Crippen molar-refractivity contribution in [1.82, 2.24) is 4.90 Å². The van der Waals surface area contributed by atoms with E-state index in [2.05, 4.69) is 15.4 Å². The molecule has 2 saturated heterocycles. The number of amides is 1. The number of phenolic OH excluding ortho intramolecular Hbond substituents is 1. The molecule has 0 radical (unpaired) electrons. The lowest BCUT2D eigenvalue weighted by molar-refractivity contribution is -0.115. The van der Waals surface area contributed by atoms with Gasteiger partial charge in [-0.25, -0.2) is 4.79 Å². The standard InChI is InChI=1S/C27H29N3O9/c1-14-9-10-17(38-14)24(27(2)12-37-13-27)29-20-19(22(32)23(20)33)28-16-7-4-6-15(21(16)31)25(34)30-11-5-8-18(30)39-26(35)36-3/h4,6-7,9-10,18,24,28-29,31H,5,8,11-13H2,1-3H3/t18-,24+/m1/s1. The van der Waals surface area contributed by atoms with E-state index in [1.807, 2.05) is 26.0 Å². The molecule has 0 bridgehead atoms. The van der Waals surface area contributed by atoms with Gasteiger partial charge in [-0.3, -0.25) is 14.4 Å². The smallest absolute Gasteiger partial charge is 0.505 e. The number of rotatable bonds is 8. The maximum absolute atomic E-state index is 13.2. The van der Waals surface area contributed by atoms with Crippen molar-refractivity contribution in [3.63, 3.8) is 0 Å². The Balaban J connectivity index is 1.40. The molecule has 12 heteroatoms. The molecule has 1 amide bonds. The van der Waals surface area contributed by atoms with E-state index in [-0.39, 0.29) is 28.0 Å². The molecule has 5 rings (SSSR count). The second-order valence-corrected chi connectivity index (χ2v) is 10.1. The number of methoxy groups -OCH3 is 1. The van der Waals surface area contributed by atoms with Crippen LogP contribution in [-0.4, -0.2) is 55.2 Å². The van der Waals surface area contributed by atoms with Crippen LogP contribution in [-0.2, 0) is 14.2 Å². The maximum atomic E-state index is 13.2. The number of benzene rings is 1. The number of carbonyl (C=O) groups is 2. The molecule has 3 heterocycles. The van der Waals surface area contributed by atoms with Crippen molar-refractivity contribution in [3.8, 4) is 5.75 Å². The Morgan fingerprint density at radius 3 is 2.54 bits per heavy atom. The predicted octanol–water partition coefficient (Wildman–Crippen LogP) is 3.17. The van der Waals surface area contributed by atoms with Crippen LogP contribution in [0.2, 0.25) is 0 Å². The van der Waals surface area contributed by atoms with Gasteiger partial charge in [0, 0.05) is 18.4 Å². The number of carbonyl (C=O) groups excluding carboxylic acids is 2. The SMILES string of the molecule is COC(=O)O[C@@H]1CCCN1C(=O)c1cccc(Nc2c(N[C@@H](c3ccc(C)o3)C3(C)COC3)c(=O)c2=O)c1O. The molecule has 2 fully saturated rings. The highest BCUT2D eigenvalue weighted by Crippen LogP contribution is 2.43. The molecule has 0 spiro atoms. The minimum absolute atomic E-state index is 0.0370. The number of anilines is 3. The van der Waals surface area contributed by atoms with E-state index in [1.54, 1.807) is 0 Å². The highest BCUT2D eigenvalue weighted by molar-refractivity contribution is 5.99. The molecule has 0 aliphatic carbocycles. The first-order valence-corrected chi connectivity index (χ1v) is 12.5. The summed E-state index contributed by atoms with van der Waals surface area (Å²) in [5.74, 6) is 0.328. The van der Waals surface area contributed by atoms with E-state index in [9.17, 15) is 24.3 Å². The highest BCUT2D eigenvalue weighted by Gasteiger charge is 2.45. The summed E-state index contributed by atoms with van der Waals surface area (Å²) in [7, 11) is 1.17. The lowest BCUT2D eigenvalue weighted by atomic mass is 9.79. The molecule has 2 aliphatic rings. The molecule has 0 saturated carbocycles. The van der Waals surface area contributed by atoms with Gasteiger partial charge in [0.05, 0.1) is 37.6 Å². The predicted molar refractivity (Wildman–Crippen MR) is 139 cm³/mol. The van der Waals surface area contributed by atoms with Crippen LogP contribution in [0.5, 0.6) is 5.75 Å². The third kappa shape index (κ3) is 4.71. The molecule has 206 valence electrons. The summed E-state index contributed by atoms with van der Waals surface area (Å²) in [4.78, 5) is 51.3. The Kier molecular flexibility index (Phi) is 6.81. The van der Waals surface area contributed by atoms with Gasteiger partial charge in [-0.05, 0) is 37.6 Å².